The molecule has 0 bridgehead atoms. The lowest BCUT2D eigenvalue weighted by Crippen LogP contribution is -2.26. The summed E-state index contributed by atoms with van der Waals surface area (Å²) in [6.45, 7) is 0.110. The lowest BCUT2D eigenvalue weighted by atomic mass is 10.2. The van der Waals surface area contributed by atoms with Crippen molar-refractivity contribution in [2.75, 3.05) is 44.5 Å². The van der Waals surface area contributed by atoms with Gasteiger partial charge in [0.1, 0.15) is 0 Å². The quantitative estimate of drug-likeness (QED) is 0.576. The first kappa shape index (κ1) is 17.7. The Kier molecular flexibility index (Phi) is 5.56. The number of rotatable bonds is 7. The van der Waals surface area contributed by atoms with E-state index in [9.17, 15) is 16.8 Å². The van der Waals surface area contributed by atoms with Crippen molar-refractivity contribution in [3.63, 3.8) is 0 Å². The highest BCUT2D eigenvalue weighted by molar-refractivity contribution is 7.89. The van der Waals surface area contributed by atoms with Crippen LogP contribution in [0.2, 0.25) is 0 Å². The molecule has 0 amide bonds. The summed E-state index contributed by atoms with van der Waals surface area (Å²) in [7, 11) is -2.72. The molecule has 1 aromatic carbocycles. The van der Waals surface area contributed by atoms with Crippen LogP contribution in [0.4, 0.5) is 11.4 Å². The molecule has 21 heavy (non-hydrogen) atoms. The van der Waals surface area contributed by atoms with Crippen LogP contribution in [0.3, 0.4) is 0 Å². The van der Waals surface area contributed by atoms with Crippen molar-refractivity contribution in [1.29, 1.82) is 0 Å². The fourth-order valence-corrected chi connectivity index (χ4v) is 2.99. The molecule has 0 aliphatic heterocycles. The van der Waals surface area contributed by atoms with Gasteiger partial charge in [0.2, 0.25) is 20.0 Å². The van der Waals surface area contributed by atoms with E-state index in [1.807, 2.05) is 0 Å². The minimum atomic E-state index is -3.57. The van der Waals surface area contributed by atoms with Crippen LogP contribution >= 0.6 is 0 Å². The molecule has 0 spiro atoms. The van der Waals surface area contributed by atoms with Crippen molar-refractivity contribution in [3.05, 3.63) is 18.2 Å². The number of nitrogens with two attached hydrogens (primary N) is 1. The van der Waals surface area contributed by atoms with Gasteiger partial charge < -0.3 is 11.1 Å². The molecule has 0 aromatic heterocycles. The number of nitrogens with one attached hydrogen (secondary N) is 2. The molecule has 0 aliphatic rings. The minimum absolute atomic E-state index is 0.0840. The summed E-state index contributed by atoms with van der Waals surface area (Å²) in [5, 5.41) is 2.83. The average Bonchev–Trinajstić information content (AvgIpc) is 2.40. The molecule has 10 heteroatoms. The Bertz CT molecular complexity index is 699. The van der Waals surface area contributed by atoms with Gasteiger partial charge >= 0.3 is 0 Å². The van der Waals surface area contributed by atoms with Crippen molar-refractivity contribution in [3.8, 4) is 0 Å². The van der Waals surface area contributed by atoms with Gasteiger partial charge in [-0.2, -0.15) is 0 Å². The maximum atomic E-state index is 12.0. The Morgan fingerprint density at radius 3 is 2.33 bits per heavy atom. The number of sulfonamides is 2. The highest BCUT2D eigenvalue weighted by atomic mass is 32.2. The van der Waals surface area contributed by atoms with Crippen molar-refractivity contribution < 1.29 is 16.8 Å². The molecule has 0 unspecified atom stereocenters. The standard InChI is InChI=1S/C11H20N4O4S2/c1-13-20(16,17)7-6-14-11-8-9(4-5-10(11)12)21(18,19)15(2)3/h4-5,8,13-14H,6-7,12H2,1-3H3. The number of benzene rings is 1. The number of hydrogen-bond donors (Lipinski definition) is 3. The molecule has 8 nitrogen and oxygen atoms in total. The Hall–Kier alpha value is -1.36. The summed E-state index contributed by atoms with van der Waals surface area (Å²) in [5.41, 5.74) is 6.48. The van der Waals surface area contributed by atoms with Gasteiger partial charge in [0.25, 0.3) is 0 Å². The van der Waals surface area contributed by atoms with Gasteiger partial charge in [0.05, 0.1) is 22.0 Å². The average molecular weight is 336 g/mol. The zero-order chi connectivity index (χ0) is 16.3. The van der Waals surface area contributed by atoms with Crippen molar-refractivity contribution in [1.82, 2.24) is 9.03 Å². The molecule has 4 N–H and O–H groups in total. The topological polar surface area (TPSA) is 122 Å². The predicted molar refractivity (Wildman–Crippen MR) is 83.1 cm³/mol. The zero-order valence-corrected chi connectivity index (χ0v) is 13.8. The van der Waals surface area contributed by atoms with E-state index < -0.39 is 20.0 Å². The van der Waals surface area contributed by atoms with Gasteiger partial charge in [0.15, 0.2) is 0 Å². The first-order valence-corrected chi connectivity index (χ1v) is 9.16. The fraction of sp³-hybridized carbons (Fsp3) is 0.455. The van der Waals surface area contributed by atoms with Gasteiger partial charge in [-0.05, 0) is 25.2 Å². The fourth-order valence-electron chi connectivity index (χ4n) is 1.48. The summed E-state index contributed by atoms with van der Waals surface area (Å²) in [4.78, 5) is 0.0840. The maximum absolute atomic E-state index is 12.0. The van der Waals surface area contributed by atoms with E-state index >= 15 is 0 Å². The van der Waals surface area contributed by atoms with E-state index in [0.29, 0.717) is 11.4 Å². The summed E-state index contributed by atoms with van der Waals surface area (Å²) >= 11 is 0. The summed E-state index contributed by atoms with van der Waals surface area (Å²) in [5.74, 6) is -0.145. The molecule has 0 fully saturated rings. The van der Waals surface area contributed by atoms with Gasteiger partial charge in [-0.25, -0.2) is 25.9 Å². The first-order chi connectivity index (χ1) is 9.60. The highest BCUT2D eigenvalue weighted by Gasteiger charge is 2.18. The van der Waals surface area contributed by atoms with Crippen LogP contribution in [0.25, 0.3) is 0 Å². The molecule has 0 heterocycles. The molecule has 0 radical (unpaired) electrons. The van der Waals surface area contributed by atoms with Crippen LogP contribution in [0.5, 0.6) is 0 Å². The van der Waals surface area contributed by atoms with E-state index in [2.05, 4.69) is 10.0 Å². The highest BCUT2D eigenvalue weighted by Crippen LogP contribution is 2.24. The van der Waals surface area contributed by atoms with Crippen LogP contribution in [-0.2, 0) is 20.0 Å². The lowest BCUT2D eigenvalue weighted by Gasteiger charge is -2.14. The van der Waals surface area contributed by atoms with Crippen LogP contribution < -0.4 is 15.8 Å². The molecule has 120 valence electrons. The van der Waals surface area contributed by atoms with Crippen LogP contribution in [0.15, 0.2) is 23.1 Å². The van der Waals surface area contributed by atoms with E-state index in [4.69, 9.17) is 5.73 Å². The minimum Gasteiger partial charge on any atom is -0.397 e. The molecule has 1 rings (SSSR count). The first-order valence-electron chi connectivity index (χ1n) is 6.07. The second-order valence-corrected chi connectivity index (χ2v) is 8.68. The lowest BCUT2D eigenvalue weighted by molar-refractivity contribution is 0.521. The van der Waals surface area contributed by atoms with Crippen molar-refractivity contribution in [2.45, 2.75) is 4.90 Å². The maximum Gasteiger partial charge on any atom is 0.242 e. The Morgan fingerprint density at radius 1 is 1.19 bits per heavy atom. The van der Waals surface area contributed by atoms with Crippen molar-refractivity contribution in [2.24, 2.45) is 0 Å². The van der Waals surface area contributed by atoms with Crippen molar-refractivity contribution >= 4 is 31.4 Å². The second kappa shape index (κ2) is 6.60. The Morgan fingerprint density at radius 2 is 1.81 bits per heavy atom. The van der Waals surface area contributed by atoms with E-state index in [1.165, 1.54) is 39.3 Å². The summed E-state index contributed by atoms with van der Waals surface area (Å²) in [6.07, 6.45) is 0. The molecular formula is C11H20N4O4S2. The summed E-state index contributed by atoms with van der Waals surface area (Å²) < 4.78 is 49.9. The van der Waals surface area contributed by atoms with E-state index in [-0.39, 0.29) is 17.2 Å². The third-order valence-electron chi connectivity index (χ3n) is 2.80. The third kappa shape index (κ3) is 4.56. The molecule has 0 saturated heterocycles. The number of nitrogens with zero attached hydrogens (tertiary/aromatic N) is 1. The molecule has 0 aliphatic carbocycles. The predicted octanol–water partition coefficient (Wildman–Crippen LogP) is -0.520. The second-order valence-electron chi connectivity index (χ2n) is 4.49. The SMILES string of the molecule is CNS(=O)(=O)CCNc1cc(S(=O)(=O)N(C)C)ccc1N. The van der Waals surface area contributed by atoms with Crippen LogP contribution in [0.1, 0.15) is 0 Å². The molecule has 1 aromatic rings. The zero-order valence-electron chi connectivity index (χ0n) is 12.1. The molecule has 0 saturated carbocycles. The largest absolute Gasteiger partial charge is 0.397 e. The number of anilines is 2. The summed E-state index contributed by atoms with van der Waals surface area (Å²) in [6, 6.07) is 4.25. The van der Waals surface area contributed by atoms with Crippen LogP contribution in [0, 0.1) is 0 Å². The smallest absolute Gasteiger partial charge is 0.242 e. The molecule has 0 atom stereocenters. The Labute approximate surface area is 125 Å². The van der Waals surface area contributed by atoms with Gasteiger partial charge in [-0.3, -0.25) is 0 Å². The normalized spacial score (nSPS) is 12.6. The number of nitrogen functional groups attached to an aromatic ring is 1. The van der Waals surface area contributed by atoms with Gasteiger partial charge in [0, 0.05) is 20.6 Å². The Balaban J connectivity index is 2.94. The van der Waals surface area contributed by atoms with Gasteiger partial charge in [-0.1, -0.05) is 0 Å². The van der Waals surface area contributed by atoms with E-state index in [0.717, 1.165) is 4.31 Å². The molecular weight excluding hydrogens is 316 g/mol. The van der Waals surface area contributed by atoms with Crippen LogP contribution in [-0.4, -0.2) is 54.6 Å². The van der Waals surface area contributed by atoms with Gasteiger partial charge in [-0.15, -0.1) is 0 Å². The third-order valence-corrected chi connectivity index (χ3v) is 5.98. The monoisotopic (exact) mass is 336 g/mol. The van der Waals surface area contributed by atoms with E-state index in [1.54, 1.807) is 0 Å². The number of hydrogen-bond acceptors (Lipinski definition) is 6.